The predicted octanol–water partition coefficient (Wildman–Crippen LogP) is 2.14. The molecule has 3 N–H and O–H groups in total. The largest absolute Gasteiger partial charge is 0.493 e. The van der Waals surface area contributed by atoms with Crippen molar-refractivity contribution in [3.05, 3.63) is 29.6 Å². The molecule has 0 saturated heterocycles. The zero-order chi connectivity index (χ0) is 14.4. The van der Waals surface area contributed by atoms with E-state index in [4.69, 9.17) is 10.5 Å². The van der Waals surface area contributed by atoms with Crippen LogP contribution in [-0.4, -0.2) is 18.6 Å². The van der Waals surface area contributed by atoms with Gasteiger partial charge in [0.05, 0.1) is 13.0 Å². The molecule has 1 aromatic carbocycles. The van der Waals surface area contributed by atoms with Crippen molar-refractivity contribution in [3.63, 3.8) is 0 Å². The van der Waals surface area contributed by atoms with Crippen LogP contribution in [0.1, 0.15) is 38.8 Å². The molecule has 1 rings (SSSR count). The van der Waals surface area contributed by atoms with Gasteiger partial charge in [0.2, 0.25) is 5.91 Å². The first kappa shape index (κ1) is 15.4. The van der Waals surface area contributed by atoms with Crippen LogP contribution in [0.2, 0.25) is 0 Å². The molecule has 0 bridgehead atoms. The molecule has 19 heavy (non-hydrogen) atoms. The highest BCUT2D eigenvalue weighted by Crippen LogP contribution is 2.24. The average Bonchev–Trinajstić information content (AvgIpc) is 2.29. The van der Waals surface area contributed by atoms with E-state index in [1.807, 2.05) is 13.8 Å². The Hall–Kier alpha value is -1.62. The number of ether oxygens (including phenoxy) is 1. The summed E-state index contributed by atoms with van der Waals surface area (Å²) in [5.41, 5.74) is 6.36. The molecule has 0 aliphatic heterocycles. The standard InChI is InChI=1S/C14H21FN2O2/c1-9(2)17-14(18)6-7-19-13-5-4-11(15)8-12(13)10(3)16/h4-5,8-10H,6-7,16H2,1-3H3,(H,17,18)/t10-/m0/s1. The highest BCUT2D eigenvalue weighted by Gasteiger charge is 2.10. The van der Waals surface area contributed by atoms with Crippen molar-refractivity contribution >= 4 is 5.91 Å². The molecular weight excluding hydrogens is 247 g/mol. The quantitative estimate of drug-likeness (QED) is 0.830. The van der Waals surface area contributed by atoms with Gasteiger partial charge in [-0.2, -0.15) is 0 Å². The van der Waals surface area contributed by atoms with Crippen molar-refractivity contribution < 1.29 is 13.9 Å². The second kappa shape index (κ2) is 7.09. The van der Waals surface area contributed by atoms with E-state index in [2.05, 4.69) is 5.32 Å². The molecule has 0 saturated carbocycles. The summed E-state index contributed by atoms with van der Waals surface area (Å²) in [5.74, 6) is 0.102. The fourth-order valence-electron chi connectivity index (χ4n) is 1.65. The van der Waals surface area contributed by atoms with Gasteiger partial charge in [0.25, 0.3) is 0 Å². The number of amides is 1. The Kier molecular flexibility index (Phi) is 5.76. The number of nitrogens with two attached hydrogens (primary N) is 1. The lowest BCUT2D eigenvalue weighted by Crippen LogP contribution is -2.31. The van der Waals surface area contributed by atoms with E-state index in [1.165, 1.54) is 18.2 Å². The zero-order valence-electron chi connectivity index (χ0n) is 11.6. The van der Waals surface area contributed by atoms with Crippen molar-refractivity contribution in [1.29, 1.82) is 0 Å². The van der Waals surface area contributed by atoms with Crippen LogP contribution in [0.25, 0.3) is 0 Å². The van der Waals surface area contributed by atoms with E-state index in [1.54, 1.807) is 6.92 Å². The van der Waals surface area contributed by atoms with Crippen molar-refractivity contribution in [2.75, 3.05) is 6.61 Å². The molecular formula is C14H21FN2O2. The summed E-state index contributed by atoms with van der Waals surface area (Å²) < 4.78 is 18.6. The van der Waals surface area contributed by atoms with Gasteiger partial charge < -0.3 is 15.8 Å². The lowest BCUT2D eigenvalue weighted by atomic mass is 10.1. The number of carbonyl (C=O) groups is 1. The van der Waals surface area contributed by atoms with Gasteiger partial charge in [-0.3, -0.25) is 4.79 Å². The minimum Gasteiger partial charge on any atom is -0.493 e. The Labute approximate surface area is 113 Å². The first-order valence-electron chi connectivity index (χ1n) is 6.37. The van der Waals surface area contributed by atoms with Crippen LogP contribution in [0.3, 0.4) is 0 Å². The monoisotopic (exact) mass is 268 g/mol. The van der Waals surface area contributed by atoms with Crippen LogP contribution in [0.15, 0.2) is 18.2 Å². The molecule has 0 spiro atoms. The van der Waals surface area contributed by atoms with Gasteiger partial charge >= 0.3 is 0 Å². The maximum absolute atomic E-state index is 13.1. The number of benzene rings is 1. The fraction of sp³-hybridized carbons (Fsp3) is 0.500. The van der Waals surface area contributed by atoms with E-state index in [9.17, 15) is 9.18 Å². The number of nitrogens with one attached hydrogen (secondary N) is 1. The molecule has 0 aliphatic carbocycles. The predicted molar refractivity (Wildman–Crippen MR) is 72.4 cm³/mol. The summed E-state index contributed by atoms with van der Waals surface area (Å²) in [7, 11) is 0. The van der Waals surface area contributed by atoms with E-state index >= 15 is 0 Å². The third-order valence-corrected chi connectivity index (χ3v) is 2.50. The maximum Gasteiger partial charge on any atom is 0.223 e. The van der Waals surface area contributed by atoms with Crippen LogP contribution in [0.4, 0.5) is 4.39 Å². The molecule has 1 atom stereocenters. The molecule has 1 amide bonds. The van der Waals surface area contributed by atoms with Crippen molar-refractivity contribution in [2.45, 2.75) is 39.3 Å². The molecule has 4 nitrogen and oxygen atoms in total. The summed E-state index contributed by atoms with van der Waals surface area (Å²) in [4.78, 5) is 11.4. The maximum atomic E-state index is 13.1. The average molecular weight is 268 g/mol. The van der Waals surface area contributed by atoms with Gasteiger partial charge in [-0.15, -0.1) is 0 Å². The number of hydrogen-bond donors (Lipinski definition) is 2. The summed E-state index contributed by atoms with van der Waals surface area (Å²) >= 11 is 0. The van der Waals surface area contributed by atoms with Gasteiger partial charge in [-0.25, -0.2) is 4.39 Å². The normalized spacial score (nSPS) is 12.3. The molecule has 0 aliphatic rings. The summed E-state index contributed by atoms with van der Waals surface area (Å²) in [6, 6.07) is 3.99. The van der Waals surface area contributed by atoms with E-state index in [-0.39, 0.29) is 36.8 Å². The lowest BCUT2D eigenvalue weighted by molar-refractivity contribution is -0.122. The van der Waals surface area contributed by atoms with Crippen LogP contribution >= 0.6 is 0 Å². The smallest absolute Gasteiger partial charge is 0.223 e. The Morgan fingerprint density at radius 3 is 2.68 bits per heavy atom. The molecule has 0 radical (unpaired) electrons. The summed E-state index contributed by atoms with van der Waals surface area (Å²) in [6.45, 7) is 5.79. The molecule has 0 fully saturated rings. The fourth-order valence-corrected chi connectivity index (χ4v) is 1.65. The number of halogens is 1. The van der Waals surface area contributed by atoms with E-state index < -0.39 is 0 Å². The van der Waals surface area contributed by atoms with Crippen LogP contribution in [-0.2, 0) is 4.79 Å². The Morgan fingerprint density at radius 1 is 1.42 bits per heavy atom. The van der Waals surface area contributed by atoms with Crippen LogP contribution in [0, 0.1) is 5.82 Å². The number of rotatable bonds is 6. The zero-order valence-corrected chi connectivity index (χ0v) is 11.6. The van der Waals surface area contributed by atoms with Gasteiger partial charge in [-0.1, -0.05) is 0 Å². The van der Waals surface area contributed by atoms with Crippen LogP contribution < -0.4 is 15.8 Å². The highest BCUT2D eigenvalue weighted by molar-refractivity contribution is 5.76. The molecule has 1 aromatic rings. The second-order valence-corrected chi connectivity index (χ2v) is 4.79. The SMILES string of the molecule is CC(C)NC(=O)CCOc1ccc(F)cc1[C@H](C)N. The topological polar surface area (TPSA) is 64.3 Å². The van der Waals surface area contributed by atoms with Crippen LogP contribution in [0.5, 0.6) is 5.75 Å². The molecule has 5 heteroatoms. The first-order chi connectivity index (χ1) is 8.90. The summed E-state index contributed by atoms with van der Waals surface area (Å²) in [5, 5.41) is 2.77. The molecule has 0 heterocycles. The summed E-state index contributed by atoms with van der Waals surface area (Å²) in [6.07, 6.45) is 0.258. The Balaban J connectivity index is 2.56. The third kappa shape index (κ3) is 5.26. The van der Waals surface area contributed by atoms with Gasteiger partial charge in [0, 0.05) is 17.6 Å². The van der Waals surface area contributed by atoms with Gasteiger partial charge in [0.15, 0.2) is 0 Å². The minimum atomic E-state index is -0.350. The second-order valence-electron chi connectivity index (χ2n) is 4.79. The Bertz CT molecular complexity index is 433. The van der Waals surface area contributed by atoms with E-state index in [0.717, 1.165) is 0 Å². The third-order valence-electron chi connectivity index (χ3n) is 2.50. The first-order valence-corrected chi connectivity index (χ1v) is 6.37. The molecule has 0 aromatic heterocycles. The van der Waals surface area contributed by atoms with E-state index in [0.29, 0.717) is 11.3 Å². The van der Waals surface area contributed by atoms with Crippen molar-refractivity contribution in [3.8, 4) is 5.75 Å². The highest BCUT2D eigenvalue weighted by atomic mass is 19.1. The molecule has 0 unspecified atom stereocenters. The van der Waals surface area contributed by atoms with Gasteiger partial charge in [-0.05, 0) is 39.0 Å². The minimum absolute atomic E-state index is 0.0699. The Morgan fingerprint density at radius 2 is 2.11 bits per heavy atom. The molecule has 106 valence electrons. The van der Waals surface area contributed by atoms with Gasteiger partial charge in [0.1, 0.15) is 11.6 Å². The number of carbonyl (C=O) groups excluding carboxylic acids is 1. The number of hydrogen-bond acceptors (Lipinski definition) is 3. The van der Waals surface area contributed by atoms with Crippen molar-refractivity contribution in [2.24, 2.45) is 5.73 Å². The van der Waals surface area contributed by atoms with Crippen molar-refractivity contribution in [1.82, 2.24) is 5.32 Å². The lowest BCUT2D eigenvalue weighted by Gasteiger charge is -2.14.